The number of esters is 1. The first-order chi connectivity index (χ1) is 19.7. The minimum absolute atomic E-state index is 0.0191. The Morgan fingerprint density at radius 2 is 1.88 bits per heavy atom. The molecular formula is C33H27FN4O3. The third kappa shape index (κ3) is 4.38. The summed E-state index contributed by atoms with van der Waals surface area (Å²) in [5.41, 5.74) is 3.61. The fourth-order valence-electron chi connectivity index (χ4n) is 6.41. The van der Waals surface area contributed by atoms with Crippen molar-refractivity contribution in [3.63, 3.8) is 0 Å². The van der Waals surface area contributed by atoms with Crippen molar-refractivity contribution in [2.75, 3.05) is 0 Å². The first-order valence-electron chi connectivity index (χ1n) is 13.5. The molecule has 204 valence electrons. The van der Waals surface area contributed by atoms with E-state index in [4.69, 9.17) is 21.3 Å². The maximum Gasteiger partial charge on any atom is 0.303 e. The van der Waals surface area contributed by atoms with Crippen LogP contribution in [0, 0.1) is 24.2 Å². The molecule has 41 heavy (non-hydrogen) atoms. The lowest BCUT2D eigenvalue weighted by molar-refractivity contribution is -0.142. The number of fused-ring (bicyclic) bond motifs is 4. The average molecular weight is 547 g/mol. The summed E-state index contributed by atoms with van der Waals surface area (Å²) in [6.45, 7) is 12.9. The number of carbonyl (C=O) groups excluding carboxylic acids is 2. The minimum Gasteiger partial charge on any atom is -0.459 e. The second-order valence-electron chi connectivity index (χ2n) is 10.9. The molecule has 2 aliphatic rings. The molecule has 0 N–H and O–H groups in total. The fraction of sp³-hybridized carbons (Fsp3) is 0.273. The lowest BCUT2D eigenvalue weighted by Gasteiger charge is -2.46. The maximum absolute atomic E-state index is 15.3. The Bertz CT molecular complexity index is 1830. The molecule has 4 aromatic rings. The van der Waals surface area contributed by atoms with E-state index in [-0.39, 0.29) is 29.9 Å². The van der Waals surface area contributed by atoms with Gasteiger partial charge in [-0.1, -0.05) is 50.3 Å². The van der Waals surface area contributed by atoms with E-state index in [1.165, 1.54) is 13.0 Å². The second kappa shape index (κ2) is 10.0. The number of nitrogens with zero attached hydrogens (tertiary/aromatic N) is 4. The Morgan fingerprint density at radius 3 is 2.63 bits per heavy atom. The molecule has 6 rings (SSSR count). The number of halogens is 1. The van der Waals surface area contributed by atoms with Crippen molar-refractivity contribution in [1.82, 2.24) is 15.0 Å². The van der Waals surface area contributed by atoms with Crippen LogP contribution in [0.5, 0.6) is 0 Å². The van der Waals surface area contributed by atoms with Crippen molar-refractivity contribution in [2.45, 2.75) is 45.6 Å². The van der Waals surface area contributed by atoms with Crippen molar-refractivity contribution in [3.05, 3.63) is 101 Å². The Balaban J connectivity index is 1.67. The van der Waals surface area contributed by atoms with Crippen molar-refractivity contribution >= 4 is 22.7 Å². The van der Waals surface area contributed by atoms with Gasteiger partial charge in [0.25, 0.3) is 0 Å². The quantitative estimate of drug-likeness (QED) is 0.217. The average Bonchev–Trinajstić information content (AvgIpc) is 2.97. The van der Waals surface area contributed by atoms with Gasteiger partial charge in [-0.2, -0.15) is 0 Å². The summed E-state index contributed by atoms with van der Waals surface area (Å²) in [6.07, 6.45) is 3.02. The zero-order chi connectivity index (χ0) is 28.9. The van der Waals surface area contributed by atoms with E-state index >= 15 is 4.39 Å². The first kappa shape index (κ1) is 26.5. The smallest absolute Gasteiger partial charge is 0.303 e. The van der Waals surface area contributed by atoms with Gasteiger partial charge in [0, 0.05) is 40.3 Å². The van der Waals surface area contributed by atoms with Gasteiger partial charge in [0.1, 0.15) is 12.4 Å². The van der Waals surface area contributed by atoms with Crippen molar-refractivity contribution in [1.29, 1.82) is 0 Å². The molecule has 0 radical (unpaired) electrons. The molecule has 0 saturated carbocycles. The number of carbonyl (C=O) groups is 2. The minimum atomic E-state index is -0.734. The van der Waals surface area contributed by atoms with Gasteiger partial charge in [-0.25, -0.2) is 24.2 Å². The number of para-hydroxylation sites is 1. The third-order valence-electron chi connectivity index (χ3n) is 8.38. The van der Waals surface area contributed by atoms with Gasteiger partial charge in [-0.05, 0) is 43.0 Å². The summed E-state index contributed by atoms with van der Waals surface area (Å²) in [4.78, 5) is 42.9. The number of allylic oxidation sites excluding steroid dienone is 2. The highest BCUT2D eigenvalue weighted by Crippen LogP contribution is 2.51. The van der Waals surface area contributed by atoms with E-state index in [2.05, 4.69) is 9.83 Å². The molecule has 2 aromatic heterocycles. The Hall–Kier alpha value is -4.77. The summed E-state index contributed by atoms with van der Waals surface area (Å²) in [5.74, 6) is -1.02. The third-order valence-corrected chi connectivity index (χ3v) is 8.38. The SMILES string of the molecule is [C-]#[N+]C1=C[C@@]2(C)c3nc(-c4cc(COC(C)=O)nc5ccccc45)nc(-c4ccccc4F)c3CC[C@@H]2[C@@H](C)C1=O. The molecule has 0 bridgehead atoms. The number of pyridine rings is 1. The molecule has 2 aromatic carbocycles. The first-order valence-corrected chi connectivity index (χ1v) is 13.5. The topological polar surface area (TPSA) is 86.4 Å². The summed E-state index contributed by atoms with van der Waals surface area (Å²) in [5, 5.41) is 0.792. The van der Waals surface area contributed by atoms with Gasteiger partial charge in [0.05, 0.1) is 29.2 Å². The van der Waals surface area contributed by atoms with Crippen LogP contribution in [0.3, 0.4) is 0 Å². The van der Waals surface area contributed by atoms with Gasteiger partial charge < -0.3 is 9.53 Å². The van der Waals surface area contributed by atoms with Crippen LogP contribution in [0.15, 0.2) is 66.4 Å². The summed E-state index contributed by atoms with van der Waals surface area (Å²) in [6, 6.07) is 15.9. The van der Waals surface area contributed by atoms with Crippen molar-refractivity contribution in [3.8, 4) is 22.6 Å². The van der Waals surface area contributed by atoms with Crippen LogP contribution in [0.25, 0.3) is 38.4 Å². The van der Waals surface area contributed by atoms with E-state index in [1.807, 2.05) is 38.1 Å². The molecule has 0 saturated heterocycles. The van der Waals surface area contributed by atoms with Crippen LogP contribution >= 0.6 is 0 Å². The molecular weight excluding hydrogens is 519 g/mol. The van der Waals surface area contributed by atoms with E-state index in [0.717, 1.165) is 10.9 Å². The Labute approximate surface area is 236 Å². The molecule has 3 atom stereocenters. The molecule has 0 fully saturated rings. The zero-order valence-corrected chi connectivity index (χ0v) is 22.9. The number of ketones is 1. The van der Waals surface area contributed by atoms with Crippen LogP contribution in [0.2, 0.25) is 0 Å². The Morgan fingerprint density at radius 1 is 1.12 bits per heavy atom. The monoisotopic (exact) mass is 546 g/mol. The molecule has 0 aliphatic heterocycles. The van der Waals surface area contributed by atoms with Gasteiger partial charge in [0.2, 0.25) is 5.70 Å². The second-order valence-corrected chi connectivity index (χ2v) is 10.9. The van der Waals surface area contributed by atoms with Crippen LogP contribution in [-0.4, -0.2) is 26.7 Å². The van der Waals surface area contributed by atoms with Crippen molar-refractivity contribution in [2.24, 2.45) is 11.8 Å². The predicted octanol–water partition coefficient (Wildman–Crippen LogP) is 6.40. The highest BCUT2D eigenvalue weighted by atomic mass is 19.1. The van der Waals surface area contributed by atoms with Crippen LogP contribution in [0.4, 0.5) is 4.39 Å². The van der Waals surface area contributed by atoms with Gasteiger partial charge in [-0.15, -0.1) is 0 Å². The van der Waals surface area contributed by atoms with Crippen LogP contribution in [0.1, 0.15) is 44.1 Å². The Kier molecular flexibility index (Phi) is 6.46. The normalized spacial score (nSPS) is 21.4. The number of hydrogen-bond donors (Lipinski definition) is 0. The molecule has 2 heterocycles. The van der Waals surface area contributed by atoms with E-state index in [9.17, 15) is 9.59 Å². The van der Waals surface area contributed by atoms with E-state index in [1.54, 1.807) is 30.3 Å². The van der Waals surface area contributed by atoms with Gasteiger partial charge in [0.15, 0.2) is 11.6 Å². The number of Topliss-reactive ketones (excluding diaryl/α,β-unsaturated/α-hetero) is 1. The summed E-state index contributed by atoms with van der Waals surface area (Å²) < 4.78 is 20.6. The lowest BCUT2D eigenvalue weighted by atomic mass is 9.58. The van der Waals surface area contributed by atoms with Gasteiger partial charge >= 0.3 is 5.97 Å². The molecule has 0 amide bonds. The summed E-state index contributed by atoms with van der Waals surface area (Å²) >= 11 is 0. The number of aromatic nitrogens is 3. The number of benzene rings is 2. The number of ether oxygens (including phenoxy) is 1. The zero-order valence-electron chi connectivity index (χ0n) is 22.9. The largest absolute Gasteiger partial charge is 0.459 e. The maximum atomic E-state index is 15.3. The van der Waals surface area contributed by atoms with Crippen LogP contribution < -0.4 is 0 Å². The fourth-order valence-corrected chi connectivity index (χ4v) is 6.41. The molecule has 2 aliphatic carbocycles. The number of rotatable bonds is 4. The standard InChI is InChI=1S/C33H27FN4O3/c1-18-25-14-13-23-29(22-10-5-7-11-26(22)34)37-32(38-31(23)33(25,3)16-28(35-4)30(18)40)24-15-20(17-41-19(2)39)36-27-12-8-6-9-21(24)27/h5-12,15-16,18,25H,13-14,17H2,1-3H3/t18-,25-,33-/m1/s1. The molecule has 0 unspecified atom stereocenters. The summed E-state index contributed by atoms with van der Waals surface area (Å²) in [7, 11) is 0. The molecule has 7 nitrogen and oxygen atoms in total. The molecule has 0 spiro atoms. The predicted molar refractivity (Wildman–Crippen MR) is 152 cm³/mol. The highest BCUT2D eigenvalue weighted by molar-refractivity contribution is 6.00. The van der Waals surface area contributed by atoms with Crippen LogP contribution in [-0.2, 0) is 32.8 Å². The highest BCUT2D eigenvalue weighted by Gasteiger charge is 2.49. The van der Waals surface area contributed by atoms with Gasteiger partial charge in [-0.3, -0.25) is 4.79 Å². The van der Waals surface area contributed by atoms with Crippen molar-refractivity contribution < 1.29 is 18.7 Å². The lowest BCUT2D eigenvalue weighted by Crippen LogP contribution is -2.46. The number of hydrogen-bond acceptors (Lipinski definition) is 6. The molecule has 8 heteroatoms. The van der Waals surface area contributed by atoms with E-state index < -0.39 is 17.2 Å². The van der Waals surface area contributed by atoms with E-state index in [0.29, 0.717) is 52.4 Å².